The van der Waals surface area contributed by atoms with Crippen LogP contribution in [-0.2, 0) is 18.2 Å². The Kier molecular flexibility index (Phi) is 4.71. The first kappa shape index (κ1) is 20.2. The van der Waals surface area contributed by atoms with Crippen LogP contribution in [0, 0.1) is 17.1 Å². The van der Waals surface area contributed by atoms with Gasteiger partial charge in [0.1, 0.15) is 29.4 Å². The average Bonchev–Trinajstić information content (AvgIpc) is 3.07. The van der Waals surface area contributed by atoms with Crippen molar-refractivity contribution < 1.29 is 18.6 Å². The van der Waals surface area contributed by atoms with Crippen LogP contribution >= 0.6 is 0 Å². The number of anilines is 1. The first-order chi connectivity index (χ1) is 15.4. The fourth-order valence-corrected chi connectivity index (χ4v) is 4.06. The lowest BCUT2D eigenvalue weighted by Crippen LogP contribution is -2.54. The van der Waals surface area contributed by atoms with Crippen LogP contribution in [0.3, 0.4) is 0 Å². The number of aryl methyl sites for hydroxylation is 2. The average molecular weight is 436 g/mol. The molecule has 1 saturated heterocycles. The number of nitriles is 1. The summed E-state index contributed by atoms with van der Waals surface area (Å²) >= 11 is 0. The maximum atomic E-state index is 14.1. The van der Waals surface area contributed by atoms with Gasteiger partial charge in [0.2, 0.25) is 0 Å². The molecule has 32 heavy (non-hydrogen) atoms. The molecule has 2 bridgehead atoms. The van der Waals surface area contributed by atoms with Crippen LogP contribution in [0.4, 0.5) is 10.2 Å². The van der Waals surface area contributed by atoms with Crippen molar-refractivity contribution in [3.8, 4) is 29.0 Å². The molecule has 0 saturated carbocycles. The van der Waals surface area contributed by atoms with Crippen molar-refractivity contribution in [1.82, 2.24) is 19.7 Å². The second kappa shape index (κ2) is 7.46. The van der Waals surface area contributed by atoms with Gasteiger partial charge in [-0.2, -0.15) is 10.4 Å². The van der Waals surface area contributed by atoms with E-state index in [4.69, 9.17) is 19.9 Å². The second-order valence-corrected chi connectivity index (χ2v) is 8.07. The summed E-state index contributed by atoms with van der Waals surface area (Å²) in [5, 5.41) is 14.3. The Morgan fingerprint density at radius 3 is 2.88 bits per heavy atom. The molecular formula is C22H21FN6O3. The number of nitrogen functional groups attached to an aromatic ring is 1. The molecule has 2 aliphatic heterocycles. The van der Waals surface area contributed by atoms with Crippen LogP contribution in [-0.4, -0.2) is 38.6 Å². The minimum Gasteiger partial charge on any atom is -0.482 e. The van der Waals surface area contributed by atoms with Gasteiger partial charge in [-0.05, 0) is 38.0 Å². The van der Waals surface area contributed by atoms with Crippen molar-refractivity contribution >= 4 is 5.82 Å². The molecule has 1 atom stereocenters. The maximum Gasteiger partial charge on any atom is 0.258 e. The smallest absolute Gasteiger partial charge is 0.258 e. The Bertz CT molecular complexity index is 1250. The summed E-state index contributed by atoms with van der Waals surface area (Å²) in [6, 6.07) is 6.51. The molecule has 0 aliphatic carbocycles. The molecule has 5 rings (SSSR count). The Morgan fingerprint density at radius 2 is 2.16 bits per heavy atom. The highest BCUT2D eigenvalue weighted by Gasteiger charge is 2.42. The van der Waals surface area contributed by atoms with Crippen LogP contribution in [0.25, 0.3) is 11.3 Å². The van der Waals surface area contributed by atoms with Crippen LogP contribution in [0.2, 0.25) is 0 Å². The summed E-state index contributed by atoms with van der Waals surface area (Å²) < 4.78 is 33.5. The van der Waals surface area contributed by atoms with Gasteiger partial charge in [-0.15, -0.1) is 0 Å². The number of halogens is 1. The first-order valence-electron chi connectivity index (χ1n) is 10.2. The van der Waals surface area contributed by atoms with E-state index in [2.05, 4.69) is 21.1 Å². The molecule has 2 aliphatic rings. The van der Waals surface area contributed by atoms with E-state index in [0.717, 1.165) is 0 Å². The lowest BCUT2D eigenvalue weighted by molar-refractivity contribution is -0.165. The predicted molar refractivity (Wildman–Crippen MR) is 111 cm³/mol. The molecule has 1 spiro atoms. The summed E-state index contributed by atoms with van der Waals surface area (Å²) in [4.78, 5) is 8.76. The molecular weight excluding hydrogens is 415 g/mol. The number of hydrogen-bond acceptors (Lipinski definition) is 8. The number of hydrogen-bond donors (Lipinski definition) is 1. The Balaban J connectivity index is 1.69. The number of nitrogens with two attached hydrogens (primary N) is 1. The minimum absolute atomic E-state index is 0.0853. The zero-order valence-electron chi connectivity index (χ0n) is 17.6. The van der Waals surface area contributed by atoms with Crippen LogP contribution < -0.4 is 15.2 Å². The molecule has 2 aromatic heterocycles. The summed E-state index contributed by atoms with van der Waals surface area (Å²) in [7, 11) is 1.71. The molecule has 9 nitrogen and oxygen atoms in total. The Morgan fingerprint density at radius 1 is 1.34 bits per heavy atom. The van der Waals surface area contributed by atoms with E-state index in [0.29, 0.717) is 60.0 Å². The molecule has 0 unspecified atom stereocenters. The fourth-order valence-electron chi connectivity index (χ4n) is 4.06. The highest BCUT2D eigenvalue weighted by atomic mass is 19.1. The molecule has 1 aromatic carbocycles. The molecule has 1 fully saturated rings. The molecule has 0 radical (unpaired) electrons. The molecule has 4 heterocycles. The van der Waals surface area contributed by atoms with E-state index in [1.165, 1.54) is 23.0 Å². The van der Waals surface area contributed by atoms with Crippen LogP contribution in [0.1, 0.15) is 36.4 Å². The van der Waals surface area contributed by atoms with E-state index in [1.807, 2.05) is 0 Å². The van der Waals surface area contributed by atoms with Gasteiger partial charge in [-0.1, -0.05) is 0 Å². The molecule has 10 heteroatoms. The standard InChI is InChI=1S/C22H21FN6O3/c1-12-14-7-13(23)3-4-18(14)32-22(10-30-11-22)6-5-15-19(17(8-24)29(2)28-15)16-9-26-20(25)21(27-16)31-12/h3-4,7,9,12H,5-6,10-11H2,1-2H3,(H2,25,26)/t12-/m1/s1. The minimum atomic E-state index is -0.629. The number of rotatable bonds is 0. The van der Waals surface area contributed by atoms with E-state index >= 15 is 0 Å². The van der Waals surface area contributed by atoms with Crippen molar-refractivity contribution in [1.29, 1.82) is 5.26 Å². The van der Waals surface area contributed by atoms with Crippen molar-refractivity contribution in [3.63, 3.8) is 0 Å². The number of benzene rings is 1. The van der Waals surface area contributed by atoms with E-state index in [1.54, 1.807) is 20.0 Å². The molecule has 3 aromatic rings. The van der Waals surface area contributed by atoms with Gasteiger partial charge in [0, 0.05) is 12.6 Å². The topological polar surface area (TPSA) is 121 Å². The van der Waals surface area contributed by atoms with Crippen molar-refractivity contribution in [2.45, 2.75) is 31.5 Å². The Labute approximate surface area is 183 Å². The predicted octanol–water partition coefficient (Wildman–Crippen LogP) is 2.70. The van der Waals surface area contributed by atoms with E-state index in [-0.39, 0.29) is 11.7 Å². The molecule has 164 valence electrons. The van der Waals surface area contributed by atoms with Gasteiger partial charge in [0.05, 0.1) is 36.4 Å². The quantitative estimate of drug-likeness (QED) is 0.571. The number of ether oxygens (including phenoxy) is 3. The third-order valence-electron chi connectivity index (χ3n) is 5.82. The van der Waals surface area contributed by atoms with Crippen molar-refractivity contribution in [3.05, 3.63) is 47.2 Å². The van der Waals surface area contributed by atoms with Gasteiger partial charge >= 0.3 is 0 Å². The van der Waals surface area contributed by atoms with Crippen molar-refractivity contribution in [2.24, 2.45) is 7.05 Å². The molecule has 0 amide bonds. The van der Waals surface area contributed by atoms with E-state index in [9.17, 15) is 9.65 Å². The van der Waals surface area contributed by atoms with Gasteiger partial charge in [0.25, 0.3) is 5.88 Å². The highest BCUT2D eigenvalue weighted by Crippen LogP contribution is 2.38. The first-order valence-corrected chi connectivity index (χ1v) is 10.2. The lowest BCUT2D eigenvalue weighted by atomic mass is 9.92. The zero-order valence-corrected chi connectivity index (χ0v) is 17.6. The normalized spacial score (nSPS) is 19.0. The van der Waals surface area contributed by atoms with Gasteiger partial charge in [-0.25, -0.2) is 14.4 Å². The van der Waals surface area contributed by atoms with Gasteiger partial charge in [0.15, 0.2) is 11.4 Å². The van der Waals surface area contributed by atoms with Crippen LogP contribution in [0.15, 0.2) is 24.4 Å². The van der Waals surface area contributed by atoms with E-state index < -0.39 is 17.5 Å². The highest BCUT2D eigenvalue weighted by molar-refractivity contribution is 5.69. The Hall–Kier alpha value is -3.71. The molecule has 2 N–H and O–H groups in total. The number of fused-ring (bicyclic) bond motifs is 5. The lowest BCUT2D eigenvalue weighted by Gasteiger charge is -2.42. The fraction of sp³-hybridized carbons (Fsp3) is 0.364. The number of nitrogens with zero attached hydrogens (tertiary/aromatic N) is 5. The van der Waals surface area contributed by atoms with Crippen LogP contribution in [0.5, 0.6) is 11.6 Å². The summed E-state index contributed by atoms with van der Waals surface area (Å²) in [5.74, 6) is 0.268. The summed E-state index contributed by atoms with van der Waals surface area (Å²) in [6.07, 6.45) is 1.97. The maximum absolute atomic E-state index is 14.1. The van der Waals surface area contributed by atoms with Gasteiger partial charge in [-0.3, -0.25) is 4.68 Å². The largest absolute Gasteiger partial charge is 0.482 e. The second-order valence-electron chi connectivity index (χ2n) is 8.07. The van der Waals surface area contributed by atoms with Crippen molar-refractivity contribution in [2.75, 3.05) is 18.9 Å². The summed E-state index contributed by atoms with van der Waals surface area (Å²) in [6.45, 7) is 2.55. The zero-order chi connectivity index (χ0) is 22.5. The monoisotopic (exact) mass is 436 g/mol. The third-order valence-corrected chi connectivity index (χ3v) is 5.82. The third kappa shape index (κ3) is 3.31. The SMILES string of the molecule is C[C@H]1Oc2nc(cnc2N)-c2c(nn(C)c2C#N)CCC2(COC2)Oc2ccc(F)cc21. The summed E-state index contributed by atoms with van der Waals surface area (Å²) in [5.41, 5.74) is 8.01. The number of aromatic nitrogens is 4. The van der Waals surface area contributed by atoms with Gasteiger partial charge < -0.3 is 19.9 Å².